The Morgan fingerprint density at radius 1 is 1.38 bits per heavy atom. The van der Waals surface area contributed by atoms with Crippen molar-refractivity contribution in [3.8, 4) is 0 Å². The Kier molecular flexibility index (Phi) is 5.54. The highest BCUT2D eigenvalue weighted by Crippen LogP contribution is 2.36. The van der Waals surface area contributed by atoms with Gasteiger partial charge in [-0.15, -0.1) is 0 Å². The summed E-state index contributed by atoms with van der Waals surface area (Å²) in [6.07, 6.45) is 3.27. The van der Waals surface area contributed by atoms with E-state index in [-0.39, 0.29) is 23.9 Å². The summed E-state index contributed by atoms with van der Waals surface area (Å²) in [4.78, 5) is 12.8. The zero-order chi connectivity index (χ0) is 15.3. The van der Waals surface area contributed by atoms with Crippen molar-refractivity contribution in [1.82, 2.24) is 0 Å². The van der Waals surface area contributed by atoms with E-state index in [1.165, 1.54) is 0 Å². The summed E-state index contributed by atoms with van der Waals surface area (Å²) in [6.45, 7) is 5.05. The largest absolute Gasteiger partial charge is 0.396 e. The third-order valence-corrected chi connectivity index (χ3v) is 4.37. The highest BCUT2D eigenvalue weighted by Gasteiger charge is 2.36. The second kappa shape index (κ2) is 7.19. The number of rotatable bonds is 6. The average Bonchev–Trinajstić information content (AvgIpc) is 2.47. The number of Topliss-reactive ketones (excluding diaryl/α,β-unsaturated/α-hetero) is 1. The number of carbonyl (C=O) groups is 1. The molecule has 0 unspecified atom stereocenters. The first-order chi connectivity index (χ1) is 10.0. The van der Waals surface area contributed by atoms with E-state index in [1.54, 1.807) is 0 Å². The summed E-state index contributed by atoms with van der Waals surface area (Å²) in [5.74, 6) is 0.544. The quantitative estimate of drug-likeness (QED) is 0.816. The van der Waals surface area contributed by atoms with Crippen LogP contribution in [0, 0.1) is 11.8 Å². The number of hydrogen-bond donors (Lipinski definition) is 1. The molecular weight excluding hydrogens is 264 g/mol. The Morgan fingerprint density at radius 2 is 2.10 bits per heavy atom. The monoisotopic (exact) mass is 290 g/mol. The van der Waals surface area contributed by atoms with Crippen molar-refractivity contribution >= 4 is 5.78 Å². The van der Waals surface area contributed by atoms with Gasteiger partial charge in [-0.25, -0.2) is 0 Å². The molecule has 0 saturated carbocycles. The molecular formula is C18H26O3. The van der Waals surface area contributed by atoms with Gasteiger partial charge in [-0.1, -0.05) is 30.3 Å². The Hall–Kier alpha value is -1.19. The molecule has 0 amide bonds. The van der Waals surface area contributed by atoms with E-state index >= 15 is 0 Å². The average molecular weight is 290 g/mol. The first kappa shape index (κ1) is 16.2. The lowest BCUT2D eigenvalue weighted by molar-refractivity contribution is -0.0803. The zero-order valence-electron chi connectivity index (χ0n) is 13.0. The van der Waals surface area contributed by atoms with E-state index < -0.39 is 0 Å². The van der Waals surface area contributed by atoms with Crippen LogP contribution in [0.5, 0.6) is 0 Å². The van der Waals surface area contributed by atoms with Gasteiger partial charge < -0.3 is 9.84 Å². The van der Waals surface area contributed by atoms with Crippen LogP contribution in [0.3, 0.4) is 0 Å². The van der Waals surface area contributed by atoms with Crippen molar-refractivity contribution in [2.45, 2.75) is 45.1 Å². The Labute approximate surface area is 127 Å². The van der Waals surface area contributed by atoms with E-state index in [1.807, 2.05) is 30.3 Å². The first-order valence-electron chi connectivity index (χ1n) is 7.87. The molecule has 3 heteroatoms. The summed E-state index contributed by atoms with van der Waals surface area (Å²) in [5, 5.41) is 9.13. The normalized spacial score (nSPS) is 22.7. The van der Waals surface area contributed by atoms with Crippen LogP contribution in [0.15, 0.2) is 30.3 Å². The van der Waals surface area contributed by atoms with Gasteiger partial charge in [0.25, 0.3) is 0 Å². The van der Waals surface area contributed by atoms with E-state index in [9.17, 15) is 4.79 Å². The minimum Gasteiger partial charge on any atom is -0.396 e. The molecule has 0 spiro atoms. The maximum Gasteiger partial charge on any atom is 0.166 e. The Bertz CT molecular complexity index is 453. The van der Waals surface area contributed by atoms with Gasteiger partial charge in [-0.05, 0) is 45.4 Å². The molecule has 1 aliphatic heterocycles. The molecule has 0 bridgehead atoms. The molecule has 1 aromatic rings. The molecule has 1 N–H and O–H groups in total. The molecule has 2 atom stereocenters. The van der Waals surface area contributed by atoms with Gasteiger partial charge in [0.2, 0.25) is 0 Å². The van der Waals surface area contributed by atoms with Crippen molar-refractivity contribution in [1.29, 1.82) is 0 Å². The molecule has 116 valence electrons. The predicted octanol–water partition coefficient (Wildman–Crippen LogP) is 3.46. The van der Waals surface area contributed by atoms with Gasteiger partial charge in [-0.2, -0.15) is 0 Å². The fraction of sp³-hybridized carbons (Fsp3) is 0.611. The molecule has 1 aromatic carbocycles. The maximum absolute atomic E-state index is 12.8. The molecule has 0 radical (unpaired) electrons. The lowest BCUT2D eigenvalue weighted by Gasteiger charge is -2.38. The molecule has 2 rings (SSSR count). The molecule has 1 saturated heterocycles. The second-order valence-electron chi connectivity index (χ2n) is 6.56. The standard InChI is InChI=1S/C18H26O3/c1-18(2)13-15(10-12-21-18)16(9-6-11-19)17(20)14-7-4-3-5-8-14/h3-5,7-8,15-16,19H,6,9-13H2,1-2H3/t15-,16-/m1/s1. The number of benzene rings is 1. The Morgan fingerprint density at radius 3 is 2.71 bits per heavy atom. The number of carbonyl (C=O) groups excluding carboxylic acids is 1. The smallest absolute Gasteiger partial charge is 0.166 e. The van der Waals surface area contributed by atoms with E-state index in [0.29, 0.717) is 12.3 Å². The summed E-state index contributed by atoms with van der Waals surface area (Å²) in [7, 11) is 0. The highest BCUT2D eigenvalue weighted by molar-refractivity contribution is 5.98. The number of ketones is 1. The van der Waals surface area contributed by atoms with Crippen LogP contribution >= 0.6 is 0 Å². The summed E-state index contributed by atoms with van der Waals surface area (Å²) >= 11 is 0. The van der Waals surface area contributed by atoms with E-state index in [4.69, 9.17) is 9.84 Å². The lowest BCUT2D eigenvalue weighted by Crippen LogP contribution is -2.39. The van der Waals surface area contributed by atoms with Crippen molar-refractivity contribution in [3.05, 3.63) is 35.9 Å². The van der Waals surface area contributed by atoms with Crippen LogP contribution in [0.1, 0.15) is 49.9 Å². The van der Waals surface area contributed by atoms with Gasteiger partial charge in [0, 0.05) is 24.7 Å². The fourth-order valence-corrected chi connectivity index (χ4v) is 3.33. The van der Waals surface area contributed by atoms with Crippen molar-refractivity contribution in [2.24, 2.45) is 11.8 Å². The van der Waals surface area contributed by atoms with Gasteiger partial charge in [0.05, 0.1) is 5.60 Å². The third-order valence-electron chi connectivity index (χ3n) is 4.37. The molecule has 0 aliphatic carbocycles. The zero-order valence-corrected chi connectivity index (χ0v) is 13.0. The number of hydrogen-bond acceptors (Lipinski definition) is 3. The SMILES string of the molecule is CC1(C)C[C@H]([C@@H](CCCO)C(=O)c2ccccc2)CCO1. The molecule has 1 aliphatic rings. The van der Waals surface area contributed by atoms with Crippen molar-refractivity contribution in [2.75, 3.05) is 13.2 Å². The lowest BCUT2D eigenvalue weighted by atomic mass is 9.74. The third kappa shape index (κ3) is 4.39. The van der Waals surface area contributed by atoms with Crippen LogP contribution in [0.4, 0.5) is 0 Å². The van der Waals surface area contributed by atoms with E-state index in [2.05, 4.69) is 13.8 Å². The van der Waals surface area contributed by atoms with Crippen LogP contribution in [-0.4, -0.2) is 29.7 Å². The summed E-state index contributed by atoms with van der Waals surface area (Å²) in [6, 6.07) is 9.52. The van der Waals surface area contributed by atoms with Gasteiger partial charge >= 0.3 is 0 Å². The molecule has 3 nitrogen and oxygen atoms in total. The number of ether oxygens (including phenoxy) is 1. The minimum absolute atomic E-state index is 0.0114. The van der Waals surface area contributed by atoms with E-state index in [0.717, 1.165) is 31.4 Å². The van der Waals surface area contributed by atoms with Crippen LogP contribution < -0.4 is 0 Å². The van der Waals surface area contributed by atoms with Crippen LogP contribution in [-0.2, 0) is 4.74 Å². The van der Waals surface area contributed by atoms with Crippen LogP contribution in [0.25, 0.3) is 0 Å². The summed E-state index contributed by atoms with van der Waals surface area (Å²) in [5.41, 5.74) is 0.627. The molecule has 1 fully saturated rings. The van der Waals surface area contributed by atoms with Crippen molar-refractivity contribution in [3.63, 3.8) is 0 Å². The molecule has 21 heavy (non-hydrogen) atoms. The highest BCUT2D eigenvalue weighted by atomic mass is 16.5. The number of aliphatic hydroxyl groups is 1. The van der Waals surface area contributed by atoms with Crippen molar-refractivity contribution < 1.29 is 14.6 Å². The topological polar surface area (TPSA) is 46.5 Å². The first-order valence-corrected chi connectivity index (χ1v) is 7.87. The maximum atomic E-state index is 12.8. The van der Waals surface area contributed by atoms with Crippen LogP contribution in [0.2, 0.25) is 0 Å². The Balaban J connectivity index is 2.15. The summed E-state index contributed by atoms with van der Waals surface area (Å²) < 4.78 is 5.77. The van der Waals surface area contributed by atoms with Gasteiger partial charge in [0.15, 0.2) is 5.78 Å². The molecule has 0 aromatic heterocycles. The minimum atomic E-state index is -0.155. The second-order valence-corrected chi connectivity index (χ2v) is 6.56. The fourth-order valence-electron chi connectivity index (χ4n) is 3.33. The molecule has 1 heterocycles. The van der Waals surface area contributed by atoms with Gasteiger partial charge in [0.1, 0.15) is 0 Å². The predicted molar refractivity (Wildman–Crippen MR) is 83.3 cm³/mol. The number of aliphatic hydroxyl groups excluding tert-OH is 1. The van der Waals surface area contributed by atoms with Gasteiger partial charge in [-0.3, -0.25) is 4.79 Å².